The van der Waals surface area contributed by atoms with Gasteiger partial charge in [-0.15, -0.1) is 0 Å². The lowest BCUT2D eigenvalue weighted by molar-refractivity contribution is -0.404. The molecule has 14 nitrogen and oxygen atoms in total. The van der Waals surface area contributed by atoms with Gasteiger partial charge in [-0.3, -0.25) is 40.5 Å². The second-order valence-corrected chi connectivity index (χ2v) is 4.57. The first-order valence-corrected chi connectivity index (χ1v) is 6.39. The van der Waals surface area contributed by atoms with Gasteiger partial charge in [0.2, 0.25) is 5.75 Å². The Morgan fingerprint density at radius 1 is 0.769 bits per heavy atom. The second-order valence-electron chi connectivity index (χ2n) is 4.57. The number of phenols is 1. The van der Waals surface area contributed by atoms with Crippen molar-refractivity contribution in [3.05, 3.63) is 70.8 Å². The highest BCUT2D eigenvalue weighted by Crippen LogP contribution is 2.46. The summed E-state index contributed by atoms with van der Waals surface area (Å²) in [7, 11) is 0. The van der Waals surface area contributed by atoms with Crippen LogP contribution in [-0.4, -0.2) is 24.8 Å². The van der Waals surface area contributed by atoms with Gasteiger partial charge in [-0.05, 0) is 6.07 Å². The molecule has 0 aromatic heterocycles. The van der Waals surface area contributed by atoms with Crippen molar-refractivity contribution in [3.8, 4) is 17.2 Å². The second kappa shape index (κ2) is 6.63. The van der Waals surface area contributed by atoms with Crippen LogP contribution in [0.5, 0.6) is 17.2 Å². The lowest BCUT2D eigenvalue weighted by atomic mass is 10.2. The summed E-state index contributed by atoms with van der Waals surface area (Å²) in [6.07, 6.45) is 0. The molecule has 0 aliphatic heterocycles. The van der Waals surface area contributed by atoms with Crippen LogP contribution in [0, 0.1) is 40.5 Å². The van der Waals surface area contributed by atoms with Crippen molar-refractivity contribution in [2.45, 2.75) is 0 Å². The molecular weight excluding hydrogens is 360 g/mol. The monoisotopic (exact) mass is 366 g/mol. The maximum Gasteiger partial charge on any atom is 0.325 e. The quantitative estimate of drug-likeness (QED) is 0.584. The number of hydrogen-bond acceptors (Lipinski definition) is 10. The molecule has 2 aromatic carbocycles. The standard InChI is InChI=1S/C12H6N4O10/c17-11-7(14(20)21)2-1-3-10(11)26-12-8(15(22)23)4-6(13(18)19)5-9(12)16(24)25/h1-5,17H. The molecule has 2 aromatic rings. The van der Waals surface area contributed by atoms with Gasteiger partial charge in [0, 0.05) is 6.07 Å². The Morgan fingerprint density at radius 2 is 1.27 bits per heavy atom. The summed E-state index contributed by atoms with van der Waals surface area (Å²) in [6, 6.07) is 3.79. The number of nitro benzene ring substituents is 4. The van der Waals surface area contributed by atoms with E-state index < -0.39 is 59.7 Å². The zero-order chi connectivity index (χ0) is 19.6. The fourth-order valence-electron chi connectivity index (χ4n) is 1.92. The third-order valence-electron chi connectivity index (χ3n) is 3.03. The van der Waals surface area contributed by atoms with Crippen LogP contribution in [0.4, 0.5) is 22.7 Å². The molecular formula is C12H6N4O10. The van der Waals surface area contributed by atoms with Gasteiger partial charge >= 0.3 is 17.1 Å². The highest BCUT2D eigenvalue weighted by Gasteiger charge is 2.33. The van der Waals surface area contributed by atoms with Gasteiger partial charge in [-0.25, -0.2) is 0 Å². The molecule has 0 saturated carbocycles. The number of aromatic hydroxyl groups is 1. The van der Waals surface area contributed by atoms with Crippen molar-refractivity contribution in [2.24, 2.45) is 0 Å². The predicted octanol–water partition coefficient (Wildman–Crippen LogP) is 2.82. The third kappa shape index (κ3) is 3.28. The van der Waals surface area contributed by atoms with Crippen LogP contribution in [0.25, 0.3) is 0 Å². The van der Waals surface area contributed by atoms with Crippen molar-refractivity contribution < 1.29 is 29.5 Å². The molecule has 0 unspecified atom stereocenters. The number of para-hydroxylation sites is 1. The number of hydrogen-bond donors (Lipinski definition) is 1. The average molecular weight is 366 g/mol. The zero-order valence-electron chi connectivity index (χ0n) is 12.3. The van der Waals surface area contributed by atoms with Gasteiger partial charge in [0.15, 0.2) is 5.75 Å². The Balaban J connectivity index is 2.71. The van der Waals surface area contributed by atoms with Crippen molar-refractivity contribution in [3.63, 3.8) is 0 Å². The lowest BCUT2D eigenvalue weighted by Crippen LogP contribution is -2.01. The summed E-state index contributed by atoms with van der Waals surface area (Å²) in [5.41, 5.74) is -4.00. The van der Waals surface area contributed by atoms with Gasteiger partial charge in [-0.2, -0.15) is 0 Å². The largest absolute Gasteiger partial charge is 0.499 e. The number of nitro groups is 4. The van der Waals surface area contributed by atoms with E-state index in [1.165, 1.54) is 0 Å². The smallest absolute Gasteiger partial charge is 0.325 e. The first-order valence-electron chi connectivity index (χ1n) is 6.39. The van der Waals surface area contributed by atoms with Crippen molar-refractivity contribution in [1.82, 2.24) is 0 Å². The van der Waals surface area contributed by atoms with Crippen molar-refractivity contribution >= 4 is 22.7 Å². The van der Waals surface area contributed by atoms with E-state index in [-0.39, 0.29) is 0 Å². The maximum absolute atomic E-state index is 11.1. The Hall–Kier alpha value is -4.36. The van der Waals surface area contributed by atoms with E-state index in [9.17, 15) is 45.6 Å². The molecule has 0 saturated heterocycles. The van der Waals surface area contributed by atoms with Crippen LogP contribution in [0.2, 0.25) is 0 Å². The van der Waals surface area contributed by atoms with Crippen LogP contribution in [0.3, 0.4) is 0 Å². The van der Waals surface area contributed by atoms with Crippen LogP contribution >= 0.6 is 0 Å². The van der Waals surface area contributed by atoms with Crippen molar-refractivity contribution in [1.29, 1.82) is 0 Å². The highest BCUT2D eigenvalue weighted by molar-refractivity contribution is 5.68. The van der Waals surface area contributed by atoms with E-state index >= 15 is 0 Å². The van der Waals surface area contributed by atoms with Crippen LogP contribution in [0.1, 0.15) is 0 Å². The minimum atomic E-state index is -1.16. The molecule has 0 amide bonds. The van der Waals surface area contributed by atoms with Gasteiger partial charge in [0.1, 0.15) is 0 Å². The Bertz CT molecular complexity index is 922. The first kappa shape index (κ1) is 18.0. The first-order chi connectivity index (χ1) is 12.1. The number of rotatable bonds is 6. The topological polar surface area (TPSA) is 202 Å². The number of phenolic OH excluding ortho intramolecular Hbond substituents is 1. The molecule has 26 heavy (non-hydrogen) atoms. The minimum Gasteiger partial charge on any atom is -0.499 e. The molecule has 1 N–H and O–H groups in total. The molecule has 14 heteroatoms. The van der Waals surface area contributed by atoms with Gasteiger partial charge in [0.05, 0.1) is 31.8 Å². The summed E-state index contributed by atoms with van der Waals surface area (Å²) in [4.78, 5) is 39.5. The fourth-order valence-corrected chi connectivity index (χ4v) is 1.92. The molecule has 0 heterocycles. The van der Waals surface area contributed by atoms with E-state index in [1.54, 1.807) is 0 Å². The summed E-state index contributed by atoms with van der Waals surface area (Å²) >= 11 is 0. The summed E-state index contributed by atoms with van der Waals surface area (Å²) < 4.78 is 4.96. The van der Waals surface area contributed by atoms with E-state index in [0.717, 1.165) is 18.2 Å². The molecule has 2 rings (SSSR count). The minimum absolute atomic E-state index is 0.427. The van der Waals surface area contributed by atoms with E-state index in [2.05, 4.69) is 0 Å². The molecule has 0 aliphatic rings. The van der Waals surface area contributed by atoms with E-state index in [4.69, 9.17) is 4.74 Å². The van der Waals surface area contributed by atoms with Gasteiger partial charge < -0.3 is 9.84 Å². The van der Waals surface area contributed by atoms with Crippen molar-refractivity contribution in [2.75, 3.05) is 0 Å². The Morgan fingerprint density at radius 3 is 1.69 bits per heavy atom. The molecule has 0 fully saturated rings. The predicted molar refractivity (Wildman–Crippen MR) is 81.2 cm³/mol. The summed E-state index contributed by atoms with van der Waals surface area (Å²) in [6.45, 7) is 0. The Labute approximate surface area is 141 Å². The number of non-ortho nitro benzene ring substituents is 1. The molecule has 0 bridgehead atoms. The molecule has 0 atom stereocenters. The third-order valence-corrected chi connectivity index (χ3v) is 3.03. The summed E-state index contributed by atoms with van der Waals surface area (Å²) in [5, 5.41) is 53.7. The summed E-state index contributed by atoms with van der Waals surface area (Å²) in [5.74, 6) is -2.74. The van der Waals surface area contributed by atoms with Crippen LogP contribution in [-0.2, 0) is 0 Å². The molecule has 0 spiro atoms. The fraction of sp³-hybridized carbons (Fsp3) is 0. The van der Waals surface area contributed by atoms with Gasteiger partial charge in [-0.1, -0.05) is 6.07 Å². The normalized spacial score (nSPS) is 10.2. The SMILES string of the molecule is O=[N+]([O-])c1cc([N+](=O)[O-])c(Oc2cccc([N+](=O)[O-])c2O)c([N+](=O)[O-])c1. The number of benzene rings is 2. The van der Waals surface area contributed by atoms with Gasteiger partial charge in [0.25, 0.3) is 11.4 Å². The highest BCUT2D eigenvalue weighted by atomic mass is 16.6. The van der Waals surface area contributed by atoms with E-state index in [1.807, 2.05) is 0 Å². The average Bonchev–Trinajstić information content (AvgIpc) is 2.55. The zero-order valence-corrected chi connectivity index (χ0v) is 12.3. The maximum atomic E-state index is 11.1. The lowest BCUT2D eigenvalue weighted by Gasteiger charge is -2.08. The van der Waals surface area contributed by atoms with Crippen LogP contribution in [0.15, 0.2) is 30.3 Å². The molecule has 134 valence electrons. The number of ether oxygens (including phenoxy) is 1. The molecule has 0 radical (unpaired) electrons. The Kier molecular flexibility index (Phi) is 4.59. The molecule has 0 aliphatic carbocycles. The van der Waals surface area contributed by atoms with Crippen LogP contribution < -0.4 is 4.74 Å². The number of nitrogens with zero attached hydrogens (tertiary/aromatic N) is 4. The van der Waals surface area contributed by atoms with E-state index in [0.29, 0.717) is 12.1 Å².